The molecule has 0 aromatic heterocycles. The highest BCUT2D eigenvalue weighted by Gasteiger charge is 2.37. The summed E-state index contributed by atoms with van der Waals surface area (Å²) in [7, 11) is 0. The molecule has 0 radical (unpaired) electrons. The summed E-state index contributed by atoms with van der Waals surface area (Å²) in [5, 5.41) is 0. The third kappa shape index (κ3) is 2.90. The van der Waals surface area contributed by atoms with E-state index in [1.807, 2.05) is 20.8 Å². The normalized spacial score (nSPS) is 27.9. The van der Waals surface area contributed by atoms with Crippen molar-refractivity contribution in [3.05, 3.63) is 0 Å². The van der Waals surface area contributed by atoms with Crippen LogP contribution in [0.4, 0.5) is 0 Å². The smallest absolute Gasteiger partial charge is 0.148 e. The molecule has 2 heteroatoms. The molecule has 0 aromatic rings. The first kappa shape index (κ1) is 12.4. The van der Waals surface area contributed by atoms with E-state index in [0.717, 1.165) is 19.3 Å². The molecule has 1 fully saturated rings. The minimum absolute atomic E-state index is 0.130. The van der Waals surface area contributed by atoms with Gasteiger partial charge in [-0.05, 0) is 18.8 Å². The summed E-state index contributed by atoms with van der Waals surface area (Å²) in [5.41, 5.74) is -0.379. The van der Waals surface area contributed by atoms with Crippen molar-refractivity contribution in [3.63, 3.8) is 0 Å². The number of hydrogen-bond acceptors (Lipinski definition) is 2. The van der Waals surface area contributed by atoms with E-state index in [-0.39, 0.29) is 22.9 Å². The second kappa shape index (κ2) is 4.46. The molecule has 0 heterocycles. The highest BCUT2D eigenvalue weighted by molar-refractivity contribution is 6.04. The molecule has 15 heavy (non-hydrogen) atoms. The fraction of sp³-hybridized carbons (Fsp3) is 0.846. The monoisotopic (exact) mass is 210 g/mol. The van der Waals surface area contributed by atoms with Crippen LogP contribution >= 0.6 is 0 Å². The maximum atomic E-state index is 12.1. The van der Waals surface area contributed by atoms with Crippen molar-refractivity contribution < 1.29 is 9.59 Å². The van der Waals surface area contributed by atoms with Crippen molar-refractivity contribution >= 4 is 11.6 Å². The largest absolute Gasteiger partial charge is 0.299 e. The molecule has 1 saturated carbocycles. The second-order valence-corrected chi connectivity index (χ2v) is 5.68. The summed E-state index contributed by atoms with van der Waals surface area (Å²) in [6.45, 7) is 7.84. The fourth-order valence-corrected chi connectivity index (χ4v) is 2.25. The summed E-state index contributed by atoms with van der Waals surface area (Å²) in [4.78, 5) is 23.8. The standard InChI is InChI=1S/C13H22O2/c1-5-9-6-7-11(14)10(8-9)12(15)13(2,3)4/h9-10H,5-8H2,1-4H3. The zero-order valence-corrected chi connectivity index (χ0v) is 10.3. The Morgan fingerprint density at radius 3 is 2.47 bits per heavy atom. The van der Waals surface area contributed by atoms with Crippen molar-refractivity contribution in [2.24, 2.45) is 17.3 Å². The molecule has 0 saturated heterocycles. The van der Waals surface area contributed by atoms with Crippen LogP contribution in [0.3, 0.4) is 0 Å². The van der Waals surface area contributed by atoms with Gasteiger partial charge in [-0.2, -0.15) is 0 Å². The molecule has 86 valence electrons. The molecule has 2 nitrogen and oxygen atoms in total. The number of carbonyl (C=O) groups excluding carboxylic acids is 2. The highest BCUT2D eigenvalue weighted by atomic mass is 16.2. The topological polar surface area (TPSA) is 34.1 Å². The lowest BCUT2D eigenvalue weighted by atomic mass is 9.72. The quantitative estimate of drug-likeness (QED) is 0.657. The van der Waals surface area contributed by atoms with E-state index in [9.17, 15) is 9.59 Å². The summed E-state index contributed by atoms with van der Waals surface area (Å²) in [6.07, 6.45) is 3.45. The van der Waals surface area contributed by atoms with E-state index in [1.54, 1.807) is 0 Å². The van der Waals surface area contributed by atoms with Crippen LogP contribution in [-0.4, -0.2) is 11.6 Å². The molecule has 0 aliphatic heterocycles. The number of carbonyl (C=O) groups is 2. The van der Waals surface area contributed by atoms with Gasteiger partial charge < -0.3 is 0 Å². The van der Waals surface area contributed by atoms with Crippen LogP contribution in [0, 0.1) is 17.3 Å². The molecule has 2 atom stereocenters. The first-order valence-electron chi connectivity index (χ1n) is 5.93. The number of hydrogen-bond donors (Lipinski definition) is 0. The van der Waals surface area contributed by atoms with Gasteiger partial charge in [0.05, 0.1) is 5.92 Å². The Morgan fingerprint density at radius 2 is 2.00 bits per heavy atom. The van der Waals surface area contributed by atoms with Crippen LogP contribution < -0.4 is 0 Å². The van der Waals surface area contributed by atoms with Crippen LogP contribution in [0.25, 0.3) is 0 Å². The number of Topliss-reactive ketones (excluding diaryl/α,β-unsaturated/α-hetero) is 2. The zero-order valence-electron chi connectivity index (χ0n) is 10.3. The molecule has 2 unspecified atom stereocenters. The molecular weight excluding hydrogens is 188 g/mol. The van der Waals surface area contributed by atoms with Crippen molar-refractivity contribution in [1.29, 1.82) is 0 Å². The predicted octanol–water partition coefficient (Wildman–Crippen LogP) is 3.00. The third-order valence-corrected chi connectivity index (χ3v) is 3.39. The minimum Gasteiger partial charge on any atom is -0.299 e. The van der Waals surface area contributed by atoms with Crippen LogP contribution in [-0.2, 0) is 9.59 Å². The molecule has 1 aliphatic carbocycles. The predicted molar refractivity (Wildman–Crippen MR) is 60.6 cm³/mol. The molecule has 1 aliphatic rings. The summed E-state index contributed by atoms with van der Waals surface area (Å²) in [5.74, 6) is 0.549. The Morgan fingerprint density at radius 1 is 1.40 bits per heavy atom. The van der Waals surface area contributed by atoms with E-state index < -0.39 is 0 Å². The van der Waals surface area contributed by atoms with Crippen LogP contribution in [0.2, 0.25) is 0 Å². The van der Waals surface area contributed by atoms with Gasteiger partial charge in [-0.3, -0.25) is 9.59 Å². The molecule has 0 spiro atoms. The summed E-state index contributed by atoms with van der Waals surface area (Å²) >= 11 is 0. The second-order valence-electron chi connectivity index (χ2n) is 5.68. The average molecular weight is 210 g/mol. The molecule has 0 aromatic carbocycles. The Balaban J connectivity index is 2.74. The lowest BCUT2D eigenvalue weighted by molar-refractivity contribution is -0.140. The van der Waals surface area contributed by atoms with E-state index in [0.29, 0.717) is 12.3 Å². The van der Waals surface area contributed by atoms with Crippen molar-refractivity contribution in [2.45, 2.75) is 53.4 Å². The van der Waals surface area contributed by atoms with Crippen LogP contribution in [0.5, 0.6) is 0 Å². The number of ketones is 2. The maximum absolute atomic E-state index is 12.1. The summed E-state index contributed by atoms with van der Waals surface area (Å²) < 4.78 is 0. The Labute approximate surface area is 92.4 Å². The SMILES string of the molecule is CCC1CCC(=O)C(C(=O)C(C)(C)C)C1. The van der Waals surface area contributed by atoms with Crippen molar-refractivity contribution in [2.75, 3.05) is 0 Å². The Hall–Kier alpha value is -0.660. The van der Waals surface area contributed by atoms with Gasteiger partial charge in [0.25, 0.3) is 0 Å². The average Bonchev–Trinajstić information content (AvgIpc) is 2.16. The van der Waals surface area contributed by atoms with Crippen molar-refractivity contribution in [3.8, 4) is 0 Å². The van der Waals surface area contributed by atoms with Gasteiger partial charge >= 0.3 is 0 Å². The first-order chi connectivity index (χ1) is 6.86. The van der Waals surface area contributed by atoms with E-state index in [2.05, 4.69) is 6.92 Å². The molecule has 0 bridgehead atoms. The lowest BCUT2D eigenvalue weighted by Crippen LogP contribution is -2.37. The maximum Gasteiger partial charge on any atom is 0.148 e. The Kier molecular flexibility index (Phi) is 3.69. The van der Waals surface area contributed by atoms with Gasteiger partial charge in [0, 0.05) is 11.8 Å². The fourth-order valence-electron chi connectivity index (χ4n) is 2.25. The lowest BCUT2D eigenvalue weighted by Gasteiger charge is -2.30. The van der Waals surface area contributed by atoms with Crippen LogP contribution in [0.1, 0.15) is 53.4 Å². The zero-order chi connectivity index (χ0) is 11.6. The molecule has 0 N–H and O–H groups in total. The van der Waals surface area contributed by atoms with E-state index >= 15 is 0 Å². The van der Waals surface area contributed by atoms with E-state index in [4.69, 9.17) is 0 Å². The molecule has 1 rings (SSSR count). The van der Waals surface area contributed by atoms with Gasteiger partial charge in [-0.1, -0.05) is 34.1 Å². The van der Waals surface area contributed by atoms with Gasteiger partial charge in [-0.25, -0.2) is 0 Å². The first-order valence-corrected chi connectivity index (χ1v) is 5.93. The van der Waals surface area contributed by atoms with E-state index in [1.165, 1.54) is 0 Å². The molecule has 0 amide bonds. The van der Waals surface area contributed by atoms with Crippen LogP contribution in [0.15, 0.2) is 0 Å². The van der Waals surface area contributed by atoms with Gasteiger partial charge in [0.15, 0.2) is 0 Å². The summed E-state index contributed by atoms with van der Waals surface area (Å²) in [6, 6.07) is 0. The molecular formula is C13H22O2. The highest BCUT2D eigenvalue weighted by Crippen LogP contribution is 2.33. The van der Waals surface area contributed by atoms with Gasteiger partial charge in [0.1, 0.15) is 11.6 Å². The van der Waals surface area contributed by atoms with Crippen molar-refractivity contribution in [1.82, 2.24) is 0 Å². The van der Waals surface area contributed by atoms with Gasteiger partial charge in [0.2, 0.25) is 0 Å². The Bertz CT molecular complexity index is 260. The third-order valence-electron chi connectivity index (χ3n) is 3.39. The minimum atomic E-state index is -0.379. The number of rotatable bonds is 2. The van der Waals surface area contributed by atoms with Gasteiger partial charge in [-0.15, -0.1) is 0 Å².